The smallest absolute Gasteiger partial charge is 0.293 e. The quantitative estimate of drug-likeness (QED) is 0.507. The lowest BCUT2D eigenvalue weighted by Crippen LogP contribution is -2.20. The minimum Gasteiger partial charge on any atom is -0.376 e. The molecule has 5 heteroatoms. The summed E-state index contributed by atoms with van der Waals surface area (Å²) in [5.74, 6) is -0.606. The SMILES string of the molecule is CN(C)c1ccc(C(=O)NO)nc1. The predicted molar refractivity (Wildman–Crippen MR) is 47.8 cm³/mol. The van der Waals surface area contributed by atoms with E-state index in [2.05, 4.69) is 4.98 Å². The molecule has 13 heavy (non-hydrogen) atoms. The molecule has 70 valence electrons. The summed E-state index contributed by atoms with van der Waals surface area (Å²) >= 11 is 0. The van der Waals surface area contributed by atoms with Gasteiger partial charge in [-0.1, -0.05) is 0 Å². The van der Waals surface area contributed by atoms with Gasteiger partial charge in [0.15, 0.2) is 0 Å². The number of nitrogens with one attached hydrogen (secondary N) is 1. The lowest BCUT2D eigenvalue weighted by molar-refractivity contribution is 0.0701. The molecule has 0 aliphatic carbocycles. The fourth-order valence-electron chi connectivity index (χ4n) is 0.842. The lowest BCUT2D eigenvalue weighted by atomic mass is 10.3. The fraction of sp³-hybridized carbons (Fsp3) is 0.250. The lowest BCUT2D eigenvalue weighted by Gasteiger charge is -2.11. The molecule has 1 amide bonds. The van der Waals surface area contributed by atoms with Crippen LogP contribution in [0.4, 0.5) is 5.69 Å². The third-order valence-corrected chi connectivity index (χ3v) is 1.60. The van der Waals surface area contributed by atoms with Crippen molar-refractivity contribution in [3.05, 3.63) is 24.0 Å². The first kappa shape index (κ1) is 9.47. The highest BCUT2D eigenvalue weighted by atomic mass is 16.5. The van der Waals surface area contributed by atoms with Crippen LogP contribution in [-0.4, -0.2) is 30.2 Å². The zero-order valence-electron chi connectivity index (χ0n) is 7.48. The second-order valence-electron chi connectivity index (χ2n) is 2.74. The molecule has 1 heterocycles. The summed E-state index contributed by atoms with van der Waals surface area (Å²) in [6.07, 6.45) is 1.56. The van der Waals surface area contributed by atoms with Crippen molar-refractivity contribution in [3.63, 3.8) is 0 Å². The maximum atomic E-state index is 10.9. The van der Waals surface area contributed by atoms with E-state index in [4.69, 9.17) is 5.21 Å². The zero-order valence-corrected chi connectivity index (χ0v) is 7.48. The largest absolute Gasteiger partial charge is 0.376 e. The summed E-state index contributed by atoms with van der Waals surface area (Å²) in [5, 5.41) is 8.32. The molecule has 0 saturated heterocycles. The number of carbonyl (C=O) groups is 1. The number of hydrogen-bond donors (Lipinski definition) is 2. The number of nitrogens with zero attached hydrogens (tertiary/aromatic N) is 2. The van der Waals surface area contributed by atoms with Crippen molar-refractivity contribution < 1.29 is 10.0 Å². The molecule has 0 aliphatic heterocycles. The maximum absolute atomic E-state index is 10.9. The molecule has 0 fully saturated rings. The van der Waals surface area contributed by atoms with Gasteiger partial charge in [0, 0.05) is 14.1 Å². The first-order chi connectivity index (χ1) is 6.15. The Hall–Kier alpha value is -1.62. The van der Waals surface area contributed by atoms with Gasteiger partial charge in [-0.05, 0) is 12.1 Å². The van der Waals surface area contributed by atoms with Crippen LogP contribution >= 0.6 is 0 Å². The van der Waals surface area contributed by atoms with E-state index in [0.717, 1.165) is 5.69 Å². The van der Waals surface area contributed by atoms with E-state index in [1.165, 1.54) is 5.48 Å². The Morgan fingerprint density at radius 3 is 2.62 bits per heavy atom. The van der Waals surface area contributed by atoms with Crippen molar-refractivity contribution in [1.82, 2.24) is 10.5 Å². The Morgan fingerprint density at radius 2 is 2.23 bits per heavy atom. The minimum atomic E-state index is -0.606. The van der Waals surface area contributed by atoms with Crippen LogP contribution in [0, 0.1) is 0 Å². The second kappa shape index (κ2) is 3.86. The summed E-state index contributed by atoms with van der Waals surface area (Å²) in [5.41, 5.74) is 2.60. The maximum Gasteiger partial charge on any atom is 0.293 e. The number of carbonyl (C=O) groups excluding carboxylic acids is 1. The van der Waals surface area contributed by atoms with Crippen LogP contribution in [-0.2, 0) is 0 Å². The molecule has 1 aromatic rings. The molecule has 1 aromatic heterocycles. The normalized spacial score (nSPS) is 9.46. The Balaban J connectivity index is 2.87. The Labute approximate surface area is 76.0 Å². The molecule has 0 atom stereocenters. The van der Waals surface area contributed by atoms with Crippen molar-refractivity contribution in [2.24, 2.45) is 0 Å². The molecule has 0 radical (unpaired) electrons. The van der Waals surface area contributed by atoms with Crippen molar-refractivity contribution in [2.75, 3.05) is 19.0 Å². The van der Waals surface area contributed by atoms with Gasteiger partial charge in [-0.25, -0.2) is 10.5 Å². The Bertz CT molecular complexity index is 295. The van der Waals surface area contributed by atoms with Crippen LogP contribution < -0.4 is 10.4 Å². The van der Waals surface area contributed by atoms with Crippen molar-refractivity contribution in [1.29, 1.82) is 0 Å². The highest BCUT2D eigenvalue weighted by Crippen LogP contribution is 2.08. The number of pyridine rings is 1. The number of aromatic nitrogens is 1. The van der Waals surface area contributed by atoms with Crippen LogP contribution in [0.5, 0.6) is 0 Å². The van der Waals surface area contributed by atoms with Crippen LogP contribution in [0.15, 0.2) is 18.3 Å². The minimum absolute atomic E-state index is 0.188. The van der Waals surface area contributed by atoms with Gasteiger partial charge in [0.05, 0.1) is 11.9 Å². The van der Waals surface area contributed by atoms with Crippen LogP contribution in [0.2, 0.25) is 0 Å². The highest BCUT2D eigenvalue weighted by Gasteiger charge is 2.04. The molecule has 5 nitrogen and oxygen atoms in total. The van der Waals surface area contributed by atoms with Crippen LogP contribution in [0.25, 0.3) is 0 Å². The first-order valence-corrected chi connectivity index (χ1v) is 3.73. The molecule has 0 aliphatic rings. The van der Waals surface area contributed by atoms with E-state index in [0.29, 0.717) is 0 Å². The van der Waals surface area contributed by atoms with Gasteiger partial charge in [0.2, 0.25) is 0 Å². The van der Waals surface area contributed by atoms with Gasteiger partial charge >= 0.3 is 0 Å². The Kier molecular flexibility index (Phi) is 2.81. The summed E-state index contributed by atoms with van der Waals surface area (Å²) in [4.78, 5) is 16.6. The van der Waals surface area contributed by atoms with E-state index < -0.39 is 5.91 Å². The predicted octanol–water partition coefficient (Wildman–Crippen LogP) is 0.267. The summed E-state index contributed by atoms with van der Waals surface area (Å²) in [7, 11) is 3.76. The molecule has 0 unspecified atom stereocenters. The van der Waals surface area contributed by atoms with E-state index in [1.807, 2.05) is 19.0 Å². The van der Waals surface area contributed by atoms with E-state index in [9.17, 15) is 4.79 Å². The molecule has 0 bridgehead atoms. The molecule has 2 N–H and O–H groups in total. The summed E-state index contributed by atoms with van der Waals surface area (Å²) < 4.78 is 0. The van der Waals surface area contributed by atoms with E-state index in [1.54, 1.807) is 18.3 Å². The monoisotopic (exact) mass is 181 g/mol. The average Bonchev–Trinajstić information content (AvgIpc) is 2.17. The number of anilines is 1. The Morgan fingerprint density at radius 1 is 1.54 bits per heavy atom. The van der Waals surface area contributed by atoms with Crippen molar-refractivity contribution >= 4 is 11.6 Å². The van der Waals surface area contributed by atoms with Crippen molar-refractivity contribution in [2.45, 2.75) is 0 Å². The van der Waals surface area contributed by atoms with Gasteiger partial charge in [-0.2, -0.15) is 0 Å². The van der Waals surface area contributed by atoms with Gasteiger partial charge in [-0.15, -0.1) is 0 Å². The molecule has 0 saturated carbocycles. The number of hydrogen-bond acceptors (Lipinski definition) is 4. The van der Waals surface area contributed by atoms with Gasteiger partial charge in [0.1, 0.15) is 5.69 Å². The van der Waals surface area contributed by atoms with Crippen molar-refractivity contribution in [3.8, 4) is 0 Å². The number of rotatable bonds is 2. The topological polar surface area (TPSA) is 65.5 Å². The zero-order chi connectivity index (χ0) is 9.84. The van der Waals surface area contributed by atoms with Gasteiger partial charge in [0.25, 0.3) is 5.91 Å². The molecule has 0 aromatic carbocycles. The third-order valence-electron chi connectivity index (χ3n) is 1.60. The van der Waals surface area contributed by atoms with Gasteiger partial charge < -0.3 is 4.90 Å². The highest BCUT2D eigenvalue weighted by molar-refractivity contribution is 5.91. The molecular formula is C8H11N3O2. The first-order valence-electron chi connectivity index (χ1n) is 3.73. The van der Waals surface area contributed by atoms with Crippen LogP contribution in [0.1, 0.15) is 10.5 Å². The molecule has 0 spiro atoms. The van der Waals surface area contributed by atoms with Gasteiger partial charge in [-0.3, -0.25) is 10.0 Å². The van der Waals surface area contributed by atoms with E-state index in [-0.39, 0.29) is 5.69 Å². The fourth-order valence-corrected chi connectivity index (χ4v) is 0.842. The number of hydroxylamine groups is 1. The molecular weight excluding hydrogens is 170 g/mol. The summed E-state index contributed by atoms with van der Waals surface area (Å²) in [6, 6.07) is 3.29. The third kappa shape index (κ3) is 2.16. The average molecular weight is 181 g/mol. The van der Waals surface area contributed by atoms with Crippen LogP contribution in [0.3, 0.4) is 0 Å². The standard InChI is InChI=1S/C8H11N3O2/c1-11(2)6-3-4-7(9-5-6)8(12)10-13/h3-5,13H,1-2H3,(H,10,12). The summed E-state index contributed by atoms with van der Waals surface area (Å²) in [6.45, 7) is 0. The molecule has 1 rings (SSSR count). The number of amides is 1. The van der Waals surface area contributed by atoms with E-state index >= 15 is 0 Å². The second-order valence-corrected chi connectivity index (χ2v) is 2.74.